The number of nitrogens with one attached hydrogen (secondary N) is 1. The Hall–Kier alpha value is -3.55. The predicted molar refractivity (Wildman–Crippen MR) is 94.0 cm³/mol. The van der Waals surface area contributed by atoms with Crippen LogP contribution < -0.4 is 11.1 Å². The average Bonchev–Trinajstić information content (AvgIpc) is 3.15. The van der Waals surface area contributed by atoms with Gasteiger partial charge in [-0.2, -0.15) is 4.98 Å². The molecule has 0 saturated heterocycles. The summed E-state index contributed by atoms with van der Waals surface area (Å²) in [5.74, 6) is -2.18. The number of rotatable bonds is 7. The lowest BCUT2D eigenvalue weighted by Crippen LogP contribution is -2.25. The molecule has 8 heteroatoms. The molecule has 3 aromatic rings. The third kappa shape index (κ3) is 4.55. The Morgan fingerprint density at radius 3 is 2.48 bits per heavy atom. The van der Waals surface area contributed by atoms with E-state index in [0.717, 1.165) is 5.56 Å². The summed E-state index contributed by atoms with van der Waals surface area (Å²) < 4.78 is 19.0. The Kier molecular flexibility index (Phi) is 5.55. The molecule has 0 fully saturated rings. The third-order valence-corrected chi connectivity index (χ3v) is 3.99. The lowest BCUT2D eigenvalue weighted by Gasteiger charge is -2.18. The Morgan fingerprint density at radius 1 is 1.11 bits per heavy atom. The van der Waals surface area contributed by atoms with Crippen molar-refractivity contribution in [1.82, 2.24) is 15.5 Å². The highest BCUT2D eigenvalue weighted by molar-refractivity contribution is 5.87. The van der Waals surface area contributed by atoms with Gasteiger partial charge in [-0.05, 0) is 17.2 Å². The second-order valence-electron chi connectivity index (χ2n) is 5.85. The van der Waals surface area contributed by atoms with Crippen LogP contribution in [0.25, 0.3) is 0 Å². The van der Waals surface area contributed by atoms with Crippen molar-refractivity contribution in [2.45, 2.75) is 18.9 Å². The van der Waals surface area contributed by atoms with Crippen LogP contribution in [-0.4, -0.2) is 22.0 Å². The Labute approximate surface area is 154 Å². The summed E-state index contributed by atoms with van der Waals surface area (Å²) in [6.45, 7) is -0.0333. The van der Waals surface area contributed by atoms with Crippen molar-refractivity contribution in [1.29, 1.82) is 0 Å². The fourth-order valence-corrected chi connectivity index (χ4v) is 2.71. The maximum Gasteiger partial charge on any atom is 0.315 e. The summed E-state index contributed by atoms with van der Waals surface area (Å²) in [6.07, 6.45) is 0.0332. The summed E-state index contributed by atoms with van der Waals surface area (Å²) in [7, 11) is 0. The van der Waals surface area contributed by atoms with Gasteiger partial charge < -0.3 is 15.6 Å². The molecule has 0 unspecified atom stereocenters. The van der Waals surface area contributed by atoms with E-state index in [0.29, 0.717) is 5.56 Å². The van der Waals surface area contributed by atoms with E-state index in [-0.39, 0.29) is 36.4 Å². The van der Waals surface area contributed by atoms with Crippen molar-refractivity contribution < 1.29 is 18.5 Å². The van der Waals surface area contributed by atoms with Crippen LogP contribution in [0.5, 0.6) is 0 Å². The van der Waals surface area contributed by atoms with Gasteiger partial charge in [0.2, 0.25) is 5.91 Å². The van der Waals surface area contributed by atoms with Crippen molar-refractivity contribution >= 4 is 11.8 Å². The van der Waals surface area contributed by atoms with Gasteiger partial charge in [-0.25, -0.2) is 4.39 Å². The van der Waals surface area contributed by atoms with Crippen molar-refractivity contribution in [2.24, 2.45) is 5.73 Å². The minimum Gasteiger partial charge on any atom is -0.361 e. The highest BCUT2D eigenvalue weighted by atomic mass is 19.1. The third-order valence-electron chi connectivity index (χ3n) is 3.99. The van der Waals surface area contributed by atoms with Crippen LogP contribution in [0.15, 0.2) is 59.1 Å². The zero-order valence-corrected chi connectivity index (χ0v) is 14.3. The lowest BCUT2D eigenvalue weighted by molar-refractivity contribution is -0.121. The molecule has 3 N–H and O–H groups in total. The number of carbonyl (C=O) groups is 2. The molecule has 1 atom stereocenters. The molecular weight excluding hydrogens is 351 g/mol. The number of nitrogens with zero attached hydrogens (tertiary/aromatic N) is 2. The molecule has 7 nitrogen and oxygen atoms in total. The first kappa shape index (κ1) is 18.2. The van der Waals surface area contributed by atoms with Gasteiger partial charge in [-0.15, -0.1) is 0 Å². The van der Waals surface area contributed by atoms with Crippen LogP contribution >= 0.6 is 0 Å². The molecule has 0 radical (unpaired) electrons. The maximum atomic E-state index is 14.3. The van der Waals surface area contributed by atoms with E-state index in [2.05, 4.69) is 20.0 Å². The largest absolute Gasteiger partial charge is 0.361 e. The second kappa shape index (κ2) is 8.22. The van der Waals surface area contributed by atoms with E-state index in [1.165, 1.54) is 6.07 Å². The second-order valence-corrected chi connectivity index (χ2v) is 5.85. The van der Waals surface area contributed by atoms with Crippen molar-refractivity contribution in [3.63, 3.8) is 0 Å². The van der Waals surface area contributed by atoms with Gasteiger partial charge in [-0.3, -0.25) is 9.59 Å². The number of halogens is 1. The monoisotopic (exact) mass is 368 g/mol. The summed E-state index contributed by atoms with van der Waals surface area (Å²) in [5.41, 5.74) is 6.30. The molecule has 1 aromatic heterocycles. The molecule has 27 heavy (non-hydrogen) atoms. The zero-order chi connectivity index (χ0) is 19.2. The molecule has 0 aliphatic rings. The Bertz CT molecular complexity index is 943. The van der Waals surface area contributed by atoms with Gasteiger partial charge in [-0.1, -0.05) is 53.7 Å². The maximum absolute atomic E-state index is 14.3. The van der Waals surface area contributed by atoms with Crippen LogP contribution in [0.1, 0.15) is 40.0 Å². The topological polar surface area (TPSA) is 111 Å². The average molecular weight is 368 g/mol. The van der Waals surface area contributed by atoms with Gasteiger partial charge in [0.25, 0.3) is 0 Å². The number of aromatic nitrogens is 2. The molecule has 0 saturated carbocycles. The molecule has 138 valence electrons. The van der Waals surface area contributed by atoms with Gasteiger partial charge in [0.1, 0.15) is 5.82 Å². The molecule has 0 aliphatic carbocycles. The normalized spacial score (nSPS) is 11.7. The Morgan fingerprint density at radius 2 is 1.81 bits per heavy atom. The highest BCUT2D eigenvalue weighted by Gasteiger charge is 2.21. The van der Waals surface area contributed by atoms with Crippen molar-refractivity contribution in [3.8, 4) is 0 Å². The number of primary amides is 1. The van der Waals surface area contributed by atoms with Crippen LogP contribution in [0, 0.1) is 5.82 Å². The van der Waals surface area contributed by atoms with E-state index in [1.807, 2.05) is 30.3 Å². The minimum atomic E-state index is -0.844. The first-order chi connectivity index (χ1) is 13.0. The number of hydrogen-bond acceptors (Lipinski definition) is 5. The molecule has 2 amide bonds. The molecule has 0 bridgehead atoms. The summed E-state index contributed by atoms with van der Waals surface area (Å²) in [5, 5.41) is 6.20. The fraction of sp³-hybridized carbons (Fsp3) is 0.158. The number of amides is 2. The highest BCUT2D eigenvalue weighted by Crippen LogP contribution is 2.29. The summed E-state index contributed by atoms with van der Waals surface area (Å²) in [4.78, 5) is 27.1. The first-order valence-electron chi connectivity index (χ1n) is 8.23. The van der Waals surface area contributed by atoms with Gasteiger partial charge in [0.15, 0.2) is 5.82 Å². The Balaban J connectivity index is 1.73. The molecule has 0 aliphatic heterocycles. The summed E-state index contributed by atoms with van der Waals surface area (Å²) in [6, 6.07) is 15.6. The quantitative estimate of drug-likeness (QED) is 0.664. The summed E-state index contributed by atoms with van der Waals surface area (Å²) >= 11 is 0. The lowest BCUT2D eigenvalue weighted by atomic mass is 9.88. The van der Waals surface area contributed by atoms with Gasteiger partial charge in [0.05, 0.1) is 6.54 Å². The molecule has 2 aromatic carbocycles. The molecule has 3 rings (SSSR count). The molecule has 0 spiro atoms. The van der Waals surface area contributed by atoms with E-state index in [9.17, 15) is 14.0 Å². The van der Waals surface area contributed by atoms with Gasteiger partial charge in [0, 0.05) is 12.3 Å². The van der Waals surface area contributed by atoms with Crippen LogP contribution in [-0.2, 0) is 11.3 Å². The standard InChI is InChI=1S/C19H17FN4O3/c20-15-9-5-4-8-13(15)14(12-6-2-1-3-7-12)10-17(25)22-11-16-23-19(18(21)26)27-24-16/h1-9,14H,10-11H2,(H2,21,26)(H,22,25)/t14-/m0/s1. The number of carbonyl (C=O) groups excluding carboxylic acids is 2. The number of nitrogens with two attached hydrogens (primary N) is 1. The number of hydrogen-bond donors (Lipinski definition) is 2. The van der Waals surface area contributed by atoms with E-state index >= 15 is 0 Å². The van der Waals surface area contributed by atoms with Crippen LogP contribution in [0.2, 0.25) is 0 Å². The molecule has 1 heterocycles. The molecular formula is C19H17FN4O3. The zero-order valence-electron chi connectivity index (χ0n) is 14.3. The predicted octanol–water partition coefficient (Wildman–Crippen LogP) is 2.15. The van der Waals surface area contributed by atoms with E-state index in [4.69, 9.17) is 5.73 Å². The minimum absolute atomic E-state index is 0.0332. The first-order valence-corrected chi connectivity index (χ1v) is 8.23. The fourth-order valence-electron chi connectivity index (χ4n) is 2.71. The van der Waals surface area contributed by atoms with Crippen molar-refractivity contribution in [3.05, 3.63) is 83.3 Å². The number of benzene rings is 2. The smallest absolute Gasteiger partial charge is 0.315 e. The van der Waals surface area contributed by atoms with Gasteiger partial charge >= 0.3 is 11.8 Å². The van der Waals surface area contributed by atoms with E-state index in [1.54, 1.807) is 18.2 Å². The van der Waals surface area contributed by atoms with Crippen LogP contribution in [0.3, 0.4) is 0 Å². The van der Waals surface area contributed by atoms with E-state index < -0.39 is 11.8 Å². The van der Waals surface area contributed by atoms with Crippen molar-refractivity contribution in [2.75, 3.05) is 0 Å². The SMILES string of the molecule is NC(=O)c1nc(CNC(=O)C[C@@H](c2ccccc2)c2ccccc2F)no1. The van der Waals surface area contributed by atoms with Crippen LogP contribution in [0.4, 0.5) is 4.39 Å².